The molecule has 0 saturated heterocycles. The summed E-state index contributed by atoms with van der Waals surface area (Å²) < 4.78 is 5.22. The molecule has 0 radical (unpaired) electrons. The lowest BCUT2D eigenvalue weighted by Crippen LogP contribution is -2.41. The number of ether oxygens (including phenoxy) is 1. The molecule has 26 heavy (non-hydrogen) atoms. The topological polar surface area (TPSA) is 105 Å². The third-order valence-corrected chi connectivity index (χ3v) is 3.62. The quantitative estimate of drug-likeness (QED) is 0.245. The Morgan fingerprint density at radius 2 is 1.88 bits per heavy atom. The number of unbranched alkanes of at least 4 members (excludes halogenated alkanes) is 1. The third kappa shape index (κ3) is 11.4. The maximum Gasteiger partial charge on any atom is 0.306 e. The SMILES string of the molecule is C=CCCCC(=O)OC(C)CNC(=O)C(CC=C)CC(=O)NC(C)CO. The van der Waals surface area contributed by atoms with Gasteiger partial charge in [-0.25, -0.2) is 0 Å². The van der Waals surface area contributed by atoms with Gasteiger partial charge in [0, 0.05) is 18.9 Å². The molecule has 0 aliphatic carbocycles. The van der Waals surface area contributed by atoms with Gasteiger partial charge in [0.1, 0.15) is 6.10 Å². The molecule has 148 valence electrons. The van der Waals surface area contributed by atoms with Gasteiger partial charge in [0.15, 0.2) is 0 Å². The Labute approximate surface area is 155 Å². The van der Waals surface area contributed by atoms with E-state index >= 15 is 0 Å². The van der Waals surface area contributed by atoms with Gasteiger partial charge >= 0.3 is 5.97 Å². The van der Waals surface area contributed by atoms with Crippen LogP contribution in [0.5, 0.6) is 0 Å². The highest BCUT2D eigenvalue weighted by atomic mass is 16.5. The van der Waals surface area contributed by atoms with Crippen molar-refractivity contribution >= 4 is 17.8 Å². The van der Waals surface area contributed by atoms with Gasteiger partial charge in [-0.1, -0.05) is 12.2 Å². The summed E-state index contributed by atoms with van der Waals surface area (Å²) in [5.74, 6) is -1.48. The van der Waals surface area contributed by atoms with Crippen LogP contribution in [0.15, 0.2) is 25.3 Å². The minimum atomic E-state index is -0.561. The molecule has 3 N–H and O–H groups in total. The molecule has 0 aromatic rings. The van der Waals surface area contributed by atoms with Crippen LogP contribution in [0.25, 0.3) is 0 Å². The molecule has 0 fully saturated rings. The number of nitrogens with one attached hydrogen (secondary N) is 2. The van der Waals surface area contributed by atoms with Crippen molar-refractivity contribution in [3.8, 4) is 0 Å². The molecule has 2 amide bonds. The maximum atomic E-state index is 12.3. The van der Waals surface area contributed by atoms with Crippen LogP contribution in [0.2, 0.25) is 0 Å². The van der Waals surface area contributed by atoms with E-state index in [9.17, 15) is 14.4 Å². The largest absolute Gasteiger partial charge is 0.461 e. The van der Waals surface area contributed by atoms with Crippen molar-refractivity contribution in [2.24, 2.45) is 5.92 Å². The Morgan fingerprint density at radius 3 is 2.46 bits per heavy atom. The molecular weight excluding hydrogens is 336 g/mol. The zero-order valence-corrected chi connectivity index (χ0v) is 15.8. The molecule has 3 atom stereocenters. The molecule has 0 aromatic heterocycles. The van der Waals surface area contributed by atoms with Crippen molar-refractivity contribution in [3.05, 3.63) is 25.3 Å². The minimum Gasteiger partial charge on any atom is -0.461 e. The predicted molar refractivity (Wildman–Crippen MR) is 100 cm³/mol. The lowest BCUT2D eigenvalue weighted by atomic mass is 9.99. The molecule has 0 aliphatic heterocycles. The monoisotopic (exact) mass is 368 g/mol. The fourth-order valence-corrected chi connectivity index (χ4v) is 2.19. The predicted octanol–water partition coefficient (Wildman–Crippen LogP) is 1.47. The number of aliphatic hydroxyl groups excluding tert-OH is 1. The summed E-state index contributed by atoms with van der Waals surface area (Å²) in [5.41, 5.74) is 0. The minimum absolute atomic E-state index is 0.00207. The van der Waals surface area contributed by atoms with Gasteiger partial charge in [-0.2, -0.15) is 0 Å². The molecule has 0 heterocycles. The molecule has 7 heteroatoms. The summed E-state index contributed by atoms with van der Waals surface area (Å²) in [6.45, 7) is 10.6. The molecule has 0 aromatic carbocycles. The smallest absolute Gasteiger partial charge is 0.306 e. The van der Waals surface area contributed by atoms with Crippen molar-refractivity contribution in [1.82, 2.24) is 10.6 Å². The van der Waals surface area contributed by atoms with Crippen molar-refractivity contribution in [2.45, 2.75) is 58.1 Å². The van der Waals surface area contributed by atoms with E-state index in [0.717, 1.165) is 6.42 Å². The van der Waals surface area contributed by atoms with E-state index in [4.69, 9.17) is 9.84 Å². The summed E-state index contributed by atoms with van der Waals surface area (Å²) >= 11 is 0. The van der Waals surface area contributed by atoms with E-state index in [1.54, 1.807) is 26.0 Å². The van der Waals surface area contributed by atoms with E-state index in [1.807, 2.05) is 0 Å². The average molecular weight is 368 g/mol. The normalized spacial score (nSPS) is 13.8. The van der Waals surface area contributed by atoms with E-state index < -0.39 is 12.0 Å². The number of hydrogen-bond acceptors (Lipinski definition) is 5. The summed E-state index contributed by atoms with van der Waals surface area (Å²) in [7, 11) is 0. The third-order valence-electron chi connectivity index (χ3n) is 3.62. The van der Waals surface area contributed by atoms with Crippen LogP contribution in [0, 0.1) is 5.92 Å². The Bertz CT molecular complexity index is 479. The lowest BCUT2D eigenvalue weighted by Gasteiger charge is -2.19. The zero-order valence-electron chi connectivity index (χ0n) is 15.8. The number of amides is 2. The first-order valence-corrected chi connectivity index (χ1v) is 8.93. The van der Waals surface area contributed by atoms with Gasteiger partial charge in [0.2, 0.25) is 11.8 Å². The second-order valence-electron chi connectivity index (χ2n) is 6.30. The first-order chi connectivity index (χ1) is 12.3. The fraction of sp³-hybridized carbons (Fsp3) is 0.632. The molecular formula is C19H32N2O5. The number of allylic oxidation sites excluding steroid dienone is 2. The Kier molecular flexibility index (Phi) is 12.9. The standard InChI is InChI=1S/C19H32N2O5/c1-5-7-8-10-18(24)26-15(4)12-20-19(25)16(9-6-2)11-17(23)21-14(3)13-22/h5-6,14-16,22H,1-2,7-13H2,3-4H3,(H,20,25)(H,21,23). The van der Waals surface area contributed by atoms with Gasteiger partial charge in [-0.05, 0) is 33.1 Å². The maximum absolute atomic E-state index is 12.3. The highest BCUT2D eigenvalue weighted by Crippen LogP contribution is 2.10. The molecule has 0 spiro atoms. The van der Waals surface area contributed by atoms with Crippen LogP contribution in [0.3, 0.4) is 0 Å². The summed E-state index contributed by atoms with van der Waals surface area (Å²) in [5, 5.41) is 14.3. The van der Waals surface area contributed by atoms with Crippen molar-refractivity contribution in [3.63, 3.8) is 0 Å². The molecule has 0 rings (SSSR count). The van der Waals surface area contributed by atoms with Gasteiger partial charge in [-0.3, -0.25) is 14.4 Å². The number of carbonyl (C=O) groups is 3. The number of carbonyl (C=O) groups excluding carboxylic acids is 3. The summed E-state index contributed by atoms with van der Waals surface area (Å²) in [6, 6.07) is -0.365. The van der Waals surface area contributed by atoms with E-state index in [-0.39, 0.29) is 43.4 Å². The second-order valence-corrected chi connectivity index (χ2v) is 6.30. The molecule has 0 saturated carbocycles. The number of hydrogen-bond donors (Lipinski definition) is 3. The summed E-state index contributed by atoms with van der Waals surface area (Å²) in [4.78, 5) is 35.8. The van der Waals surface area contributed by atoms with Crippen LogP contribution < -0.4 is 10.6 Å². The summed E-state index contributed by atoms with van der Waals surface area (Å²) in [6.07, 6.45) is 4.96. The number of esters is 1. The van der Waals surface area contributed by atoms with Crippen LogP contribution in [-0.4, -0.2) is 48.2 Å². The average Bonchev–Trinajstić information content (AvgIpc) is 2.59. The van der Waals surface area contributed by atoms with Gasteiger partial charge in [-0.15, -0.1) is 13.2 Å². The highest BCUT2D eigenvalue weighted by molar-refractivity contribution is 5.86. The van der Waals surface area contributed by atoms with Gasteiger partial charge in [0.05, 0.1) is 19.1 Å². The Hall–Kier alpha value is -2.15. The van der Waals surface area contributed by atoms with E-state index in [1.165, 1.54) is 0 Å². The first kappa shape index (κ1) is 23.9. The lowest BCUT2D eigenvalue weighted by molar-refractivity contribution is -0.148. The second kappa shape index (κ2) is 14.1. The van der Waals surface area contributed by atoms with Gasteiger partial charge < -0.3 is 20.5 Å². The van der Waals surface area contributed by atoms with Crippen LogP contribution in [-0.2, 0) is 19.1 Å². The van der Waals surface area contributed by atoms with Crippen LogP contribution >= 0.6 is 0 Å². The van der Waals surface area contributed by atoms with Crippen molar-refractivity contribution < 1.29 is 24.2 Å². The first-order valence-electron chi connectivity index (χ1n) is 8.93. The molecule has 7 nitrogen and oxygen atoms in total. The van der Waals surface area contributed by atoms with Crippen LogP contribution in [0.4, 0.5) is 0 Å². The molecule has 0 bridgehead atoms. The van der Waals surface area contributed by atoms with E-state index in [0.29, 0.717) is 19.3 Å². The molecule has 0 aliphatic rings. The van der Waals surface area contributed by atoms with Crippen molar-refractivity contribution in [2.75, 3.05) is 13.2 Å². The van der Waals surface area contributed by atoms with Crippen molar-refractivity contribution in [1.29, 1.82) is 0 Å². The molecule has 3 unspecified atom stereocenters. The highest BCUT2D eigenvalue weighted by Gasteiger charge is 2.22. The number of aliphatic hydroxyl groups is 1. The fourth-order valence-electron chi connectivity index (χ4n) is 2.19. The van der Waals surface area contributed by atoms with E-state index in [2.05, 4.69) is 23.8 Å². The Balaban J connectivity index is 4.35. The van der Waals surface area contributed by atoms with Crippen LogP contribution in [0.1, 0.15) is 46.0 Å². The van der Waals surface area contributed by atoms with Gasteiger partial charge in [0.25, 0.3) is 0 Å². The number of rotatable bonds is 14. The zero-order chi connectivity index (χ0) is 19.9. The Morgan fingerprint density at radius 1 is 1.19 bits per heavy atom.